The predicted molar refractivity (Wildman–Crippen MR) is 79.1 cm³/mol. The van der Waals surface area contributed by atoms with E-state index in [4.69, 9.17) is 16.3 Å². The summed E-state index contributed by atoms with van der Waals surface area (Å²) < 4.78 is 5.78. The molecule has 0 amide bonds. The highest BCUT2D eigenvalue weighted by Gasteiger charge is 2.20. The SMILES string of the molecule is CCc1ccc([C@@H]2COc3cc(Cl)ccc3N2)cc1. The Bertz CT molecular complexity index is 580. The summed E-state index contributed by atoms with van der Waals surface area (Å²) in [6.07, 6.45) is 1.07. The molecule has 0 bridgehead atoms. The number of benzene rings is 2. The van der Waals surface area contributed by atoms with E-state index in [2.05, 4.69) is 36.5 Å². The van der Waals surface area contributed by atoms with E-state index >= 15 is 0 Å². The fourth-order valence-corrected chi connectivity index (χ4v) is 2.46. The van der Waals surface area contributed by atoms with Crippen LogP contribution in [-0.2, 0) is 6.42 Å². The number of anilines is 1. The molecule has 1 aliphatic rings. The molecule has 1 atom stereocenters. The second kappa shape index (κ2) is 5.14. The van der Waals surface area contributed by atoms with Crippen LogP contribution < -0.4 is 10.1 Å². The van der Waals surface area contributed by atoms with Gasteiger partial charge < -0.3 is 10.1 Å². The van der Waals surface area contributed by atoms with Gasteiger partial charge in [-0.1, -0.05) is 42.8 Å². The van der Waals surface area contributed by atoms with Gasteiger partial charge in [-0.2, -0.15) is 0 Å². The van der Waals surface area contributed by atoms with Crippen LogP contribution in [0.1, 0.15) is 24.1 Å². The fraction of sp³-hybridized carbons (Fsp3) is 0.250. The standard InChI is InChI=1S/C16H16ClNO/c1-2-11-3-5-12(6-4-11)15-10-19-16-9-13(17)7-8-14(16)18-15/h3-9,15,18H,2,10H2,1H3/t15-/m0/s1. The van der Waals surface area contributed by atoms with E-state index in [1.807, 2.05) is 18.2 Å². The molecule has 0 saturated carbocycles. The number of ether oxygens (including phenoxy) is 1. The second-order valence-corrected chi connectivity index (χ2v) is 5.18. The van der Waals surface area contributed by atoms with E-state index in [-0.39, 0.29) is 6.04 Å². The van der Waals surface area contributed by atoms with Crippen molar-refractivity contribution in [2.24, 2.45) is 0 Å². The topological polar surface area (TPSA) is 21.3 Å². The molecule has 3 heteroatoms. The van der Waals surface area contributed by atoms with Gasteiger partial charge in [0.1, 0.15) is 12.4 Å². The van der Waals surface area contributed by atoms with Crippen molar-refractivity contribution in [2.45, 2.75) is 19.4 Å². The van der Waals surface area contributed by atoms with Crippen LogP contribution in [0.25, 0.3) is 0 Å². The molecule has 2 aromatic carbocycles. The zero-order valence-corrected chi connectivity index (χ0v) is 11.6. The summed E-state index contributed by atoms with van der Waals surface area (Å²) in [6.45, 7) is 2.79. The molecule has 0 aliphatic carbocycles. The Morgan fingerprint density at radius 1 is 1.21 bits per heavy atom. The minimum atomic E-state index is 0.194. The van der Waals surface area contributed by atoms with E-state index < -0.39 is 0 Å². The molecule has 3 rings (SSSR count). The smallest absolute Gasteiger partial charge is 0.144 e. The van der Waals surface area contributed by atoms with E-state index in [9.17, 15) is 0 Å². The number of hydrogen-bond donors (Lipinski definition) is 1. The van der Waals surface area contributed by atoms with Gasteiger partial charge in [0.05, 0.1) is 11.7 Å². The third-order valence-corrected chi connectivity index (χ3v) is 3.70. The molecule has 1 N–H and O–H groups in total. The number of hydrogen-bond acceptors (Lipinski definition) is 2. The first-order valence-corrected chi connectivity index (χ1v) is 6.92. The number of rotatable bonds is 2. The van der Waals surface area contributed by atoms with Gasteiger partial charge in [0.2, 0.25) is 0 Å². The van der Waals surface area contributed by atoms with Crippen LogP contribution in [0.2, 0.25) is 5.02 Å². The molecule has 98 valence electrons. The van der Waals surface area contributed by atoms with E-state index in [0.29, 0.717) is 11.6 Å². The fourth-order valence-electron chi connectivity index (χ4n) is 2.30. The Kier molecular flexibility index (Phi) is 3.34. The molecule has 0 aromatic heterocycles. The average Bonchev–Trinajstić information content (AvgIpc) is 2.47. The minimum Gasteiger partial charge on any atom is -0.489 e. The van der Waals surface area contributed by atoms with Crippen LogP contribution in [0.5, 0.6) is 5.75 Å². The van der Waals surface area contributed by atoms with E-state index in [1.165, 1.54) is 11.1 Å². The van der Waals surface area contributed by atoms with Gasteiger partial charge in [-0.15, -0.1) is 0 Å². The van der Waals surface area contributed by atoms with Gasteiger partial charge in [0.15, 0.2) is 0 Å². The Morgan fingerprint density at radius 2 is 2.00 bits per heavy atom. The molecule has 1 heterocycles. The maximum atomic E-state index is 5.96. The second-order valence-electron chi connectivity index (χ2n) is 4.74. The number of fused-ring (bicyclic) bond motifs is 1. The Hall–Kier alpha value is -1.67. The highest BCUT2D eigenvalue weighted by molar-refractivity contribution is 6.30. The summed E-state index contributed by atoms with van der Waals surface area (Å²) in [4.78, 5) is 0. The zero-order chi connectivity index (χ0) is 13.2. The molecule has 1 aliphatic heterocycles. The Labute approximate surface area is 118 Å². The largest absolute Gasteiger partial charge is 0.489 e. The van der Waals surface area contributed by atoms with Gasteiger partial charge >= 0.3 is 0 Å². The molecule has 2 nitrogen and oxygen atoms in total. The van der Waals surface area contributed by atoms with Crippen molar-refractivity contribution < 1.29 is 4.74 Å². The maximum Gasteiger partial charge on any atom is 0.144 e. The quantitative estimate of drug-likeness (QED) is 0.873. The number of nitrogens with one attached hydrogen (secondary N) is 1. The average molecular weight is 274 g/mol. The summed E-state index contributed by atoms with van der Waals surface area (Å²) in [7, 11) is 0. The van der Waals surface area contributed by atoms with Crippen molar-refractivity contribution in [3.63, 3.8) is 0 Å². The van der Waals surface area contributed by atoms with Crippen molar-refractivity contribution in [1.29, 1.82) is 0 Å². The minimum absolute atomic E-state index is 0.194. The predicted octanol–water partition coefficient (Wildman–Crippen LogP) is 4.45. The summed E-state index contributed by atoms with van der Waals surface area (Å²) >= 11 is 5.96. The molecular weight excluding hydrogens is 258 g/mol. The maximum absolute atomic E-state index is 5.96. The third-order valence-electron chi connectivity index (χ3n) is 3.47. The highest BCUT2D eigenvalue weighted by atomic mass is 35.5. The van der Waals surface area contributed by atoms with Crippen LogP contribution >= 0.6 is 11.6 Å². The number of aryl methyl sites for hydroxylation is 1. The zero-order valence-electron chi connectivity index (χ0n) is 10.8. The summed E-state index contributed by atoms with van der Waals surface area (Å²) in [5, 5.41) is 4.19. The van der Waals surface area contributed by atoms with Gasteiger partial charge in [0.25, 0.3) is 0 Å². The molecule has 0 spiro atoms. The van der Waals surface area contributed by atoms with Crippen molar-refractivity contribution in [2.75, 3.05) is 11.9 Å². The van der Waals surface area contributed by atoms with Crippen LogP contribution in [0.3, 0.4) is 0 Å². The van der Waals surface area contributed by atoms with Crippen molar-refractivity contribution in [1.82, 2.24) is 0 Å². The monoisotopic (exact) mass is 273 g/mol. The molecule has 0 fully saturated rings. The molecule has 0 saturated heterocycles. The first-order chi connectivity index (χ1) is 9.26. The van der Waals surface area contributed by atoms with Crippen LogP contribution in [0.15, 0.2) is 42.5 Å². The summed E-state index contributed by atoms with van der Waals surface area (Å²) in [6, 6.07) is 14.6. The van der Waals surface area contributed by atoms with Crippen molar-refractivity contribution in [3.05, 3.63) is 58.6 Å². The van der Waals surface area contributed by atoms with Gasteiger partial charge in [-0.05, 0) is 29.7 Å². The lowest BCUT2D eigenvalue weighted by Crippen LogP contribution is -2.23. The molecular formula is C16H16ClNO. The third kappa shape index (κ3) is 2.54. The van der Waals surface area contributed by atoms with Gasteiger partial charge in [-0.25, -0.2) is 0 Å². The summed E-state index contributed by atoms with van der Waals surface area (Å²) in [5.41, 5.74) is 3.60. The Balaban J connectivity index is 1.82. The lowest BCUT2D eigenvalue weighted by molar-refractivity contribution is 0.286. The molecule has 0 unspecified atom stereocenters. The highest BCUT2D eigenvalue weighted by Crippen LogP contribution is 2.35. The van der Waals surface area contributed by atoms with E-state index in [0.717, 1.165) is 17.9 Å². The first kappa shape index (κ1) is 12.4. The van der Waals surface area contributed by atoms with E-state index in [1.54, 1.807) is 0 Å². The Morgan fingerprint density at radius 3 is 2.74 bits per heavy atom. The normalized spacial score (nSPS) is 17.3. The summed E-state index contributed by atoms with van der Waals surface area (Å²) in [5.74, 6) is 0.828. The lowest BCUT2D eigenvalue weighted by Gasteiger charge is -2.28. The molecule has 2 aromatic rings. The van der Waals surface area contributed by atoms with Crippen LogP contribution in [0, 0.1) is 0 Å². The van der Waals surface area contributed by atoms with Gasteiger partial charge in [-0.3, -0.25) is 0 Å². The van der Waals surface area contributed by atoms with Crippen LogP contribution in [0.4, 0.5) is 5.69 Å². The lowest BCUT2D eigenvalue weighted by atomic mass is 10.0. The molecule has 19 heavy (non-hydrogen) atoms. The van der Waals surface area contributed by atoms with Gasteiger partial charge in [0, 0.05) is 11.1 Å². The first-order valence-electron chi connectivity index (χ1n) is 6.54. The van der Waals surface area contributed by atoms with Crippen molar-refractivity contribution >= 4 is 17.3 Å². The molecule has 0 radical (unpaired) electrons. The van der Waals surface area contributed by atoms with Crippen molar-refractivity contribution in [3.8, 4) is 5.75 Å². The number of halogens is 1. The van der Waals surface area contributed by atoms with Crippen LogP contribution in [-0.4, -0.2) is 6.61 Å².